The summed E-state index contributed by atoms with van der Waals surface area (Å²) in [6.45, 7) is -3.13. The highest BCUT2D eigenvalue weighted by Gasteiger charge is 2.33. The van der Waals surface area contributed by atoms with Gasteiger partial charge in [0, 0.05) is 78.2 Å². The summed E-state index contributed by atoms with van der Waals surface area (Å²) in [5.41, 5.74) is 0.762. The molecule has 2 heterocycles. The highest BCUT2D eigenvalue weighted by molar-refractivity contribution is 5.80. The monoisotopic (exact) mass is 815 g/mol. The first-order chi connectivity index (χ1) is 27.1. The Morgan fingerprint density at radius 1 is 0.544 bits per heavy atom. The molecule has 1 aliphatic rings. The van der Waals surface area contributed by atoms with Gasteiger partial charge in [-0.25, -0.2) is 0 Å². The molecule has 1 aliphatic heterocycles. The van der Waals surface area contributed by atoms with E-state index in [4.69, 9.17) is 15.3 Å². The molecule has 1 aromatic heterocycles. The highest BCUT2D eigenvalue weighted by Crippen LogP contribution is 2.19. The maximum Gasteiger partial charge on any atom is 0.320 e. The largest absolute Gasteiger partial charge is 0.480 e. The summed E-state index contributed by atoms with van der Waals surface area (Å²) in [4.78, 5) is 84.9. The van der Waals surface area contributed by atoms with Gasteiger partial charge in [-0.05, 0) is 31.4 Å². The molecule has 0 spiro atoms. The number of hydrogen-bond acceptors (Lipinski definition) is 16. The third-order valence-corrected chi connectivity index (χ3v) is 9.29. The number of aliphatic hydroxyl groups is 6. The minimum absolute atomic E-state index is 0.0843. The summed E-state index contributed by atoms with van der Waals surface area (Å²) >= 11 is 0. The molecule has 0 aromatic carbocycles. The molecule has 2 rings (SSSR count). The second-order valence-corrected chi connectivity index (χ2v) is 13.7. The van der Waals surface area contributed by atoms with Crippen molar-refractivity contribution < 1.29 is 74.7 Å². The molecule has 0 radical (unpaired) electrons. The number of carboxylic acid groups (broad SMARTS) is 3. The number of fused-ring (bicyclic) bond motifs is 2. The lowest BCUT2D eigenvalue weighted by molar-refractivity contribution is -0.147. The third-order valence-electron chi connectivity index (χ3n) is 9.29. The molecule has 3 amide bonds. The van der Waals surface area contributed by atoms with Gasteiger partial charge >= 0.3 is 17.9 Å². The standard InChI is InChI=1S/C35H57N7O15/c43-19-24(46)14-36-30(49)7-4-27(33(52)53)40-10-12-41(28(34(54)55)5-8-31(50)37-15-25(47)20-44)17-22-2-1-3-23(39-22)18-42(13-11-40)29(35(56)57)6-9-32(51)38-16-26(48)21-45/h1-3,24-29,43-48H,4-21H2,(H,36,49)(H,37,50)(H,38,51)(H,52,53)(H,54,55)(H,56,57)/t24?,25?,26?,27-,28-,29+/m1/s1. The molecule has 22 nitrogen and oxygen atoms in total. The number of nitrogens with one attached hydrogen (secondary N) is 3. The molecule has 2 bridgehead atoms. The molecular weight excluding hydrogens is 758 g/mol. The molecule has 57 heavy (non-hydrogen) atoms. The number of hydrogen-bond donors (Lipinski definition) is 12. The van der Waals surface area contributed by atoms with E-state index in [-0.39, 0.29) is 97.4 Å². The van der Waals surface area contributed by atoms with Crippen molar-refractivity contribution >= 4 is 35.6 Å². The van der Waals surface area contributed by atoms with E-state index in [0.717, 1.165) is 0 Å². The van der Waals surface area contributed by atoms with Gasteiger partial charge in [-0.2, -0.15) is 0 Å². The van der Waals surface area contributed by atoms with Gasteiger partial charge in [0.15, 0.2) is 0 Å². The van der Waals surface area contributed by atoms with Gasteiger partial charge in [-0.3, -0.25) is 48.5 Å². The maximum absolute atomic E-state index is 12.8. The number of rotatable bonds is 24. The lowest BCUT2D eigenvalue weighted by Gasteiger charge is -2.37. The van der Waals surface area contributed by atoms with Crippen LogP contribution >= 0.6 is 0 Å². The Morgan fingerprint density at radius 3 is 1.14 bits per heavy atom. The van der Waals surface area contributed by atoms with Crippen LogP contribution in [0.25, 0.3) is 0 Å². The van der Waals surface area contributed by atoms with Gasteiger partial charge < -0.3 is 61.9 Å². The molecule has 12 N–H and O–H groups in total. The molecule has 322 valence electrons. The number of nitrogens with zero attached hydrogens (tertiary/aromatic N) is 4. The summed E-state index contributed by atoms with van der Waals surface area (Å²) in [7, 11) is 0. The lowest BCUT2D eigenvalue weighted by atomic mass is 10.1. The van der Waals surface area contributed by atoms with Crippen LogP contribution in [0.15, 0.2) is 18.2 Å². The fourth-order valence-electron chi connectivity index (χ4n) is 6.09. The highest BCUT2D eigenvalue weighted by atomic mass is 16.4. The average Bonchev–Trinajstić information content (AvgIpc) is 3.17. The van der Waals surface area contributed by atoms with Gasteiger partial charge in [-0.15, -0.1) is 0 Å². The summed E-state index contributed by atoms with van der Waals surface area (Å²) < 4.78 is 0. The van der Waals surface area contributed by atoms with E-state index < -0.39 is 91.9 Å². The van der Waals surface area contributed by atoms with E-state index in [1.165, 1.54) is 14.7 Å². The van der Waals surface area contributed by atoms with E-state index in [0.29, 0.717) is 11.4 Å². The minimum Gasteiger partial charge on any atom is -0.480 e. The van der Waals surface area contributed by atoms with Gasteiger partial charge in [0.2, 0.25) is 17.7 Å². The van der Waals surface area contributed by atoms with Crippen LogP contribution in [-0.4, -0.2) is 203 Å². The fourth-order valence-corrected chi connectivity index (χ4v) is 6.09. The van der Waals surface area contributed by atoms with Crippen molar-refractivity contribution in [1.82, 2.24) is 35.6 Å². The van der Waals surface area contributed by atoms with Crippen LogP contribution in [0.1, 0.15) is 49.9 Å². The number of carbonyl (C=O) groups excluding carboxylic acids is 3. The zero-order valence-corrected chi connectivity index (χ0v) is 31.7. The van der Waals surface area contributed by atoms with Crippen LogP contribution in [0, 0.1) is 0 Å². The molecule has 6 atom stereocenters. The number of carbonyl (C=O) groups is 6. The molecular formula is C35H57N7O15. The summed E-state index contributed by atoms with van der Waals surface area (Å²) in [6, 6.07) is 0.996. The van der Waals surface area contributed by atoms with Crippen LogP contribution in [0.5, 0.6) is 0 Å². The van der Waals surface area contributed by atoms with E-state index in [1.54, 1.807) is 18.2 Å². The molecule has 22 heteroatoms. The summed E-state index contributed by atoms with van der Waals surface area (Å²) in [5.74, 6) is -5.65. The van der Waals surface area contributed by atoms with Crippen molar-refractivity contribution in [3.05, 3.63) is 29.6 Å². The number of pyridine rings is 1. The first-order valence-electron chi connectivity index (χ1n) is 18.6. The Kier molecular flexibility index (Phi) is 22.1. The zero-order chi connectivity index (χ0) is 42.5. The minimum atomic E-state index is -1.35. The van der Waals surface area contributed by atoms with Crippen molar-refractivity contribution in [2.45, 2.75) is 88.1 Å². The van der Waals surface area contributed by atoms with Gasteiger partial charge in [-0.1, -0.05) is 6.07 Å². The first-order valence-corrected chi connectivity index (χ1v) is 18.6. The fraction of sp³-hybridized carbons (Fsp3) is 0.686. The first kappa shape index (κ1) is 48.8. The van der Waals surface area contributed by atoms with E-state index in [2.05, 4.69) is 20.9 Å². The van der Waals surface area contributed by atoms with Crippen molar-refractivity contribution in [3.8, 4) is 0 Å². The summed E-state index contributed by atoms with van der Waals surface area (Å²) in [5, 5.41) is 94.1. The smallest absolute Gasteiger partial charge is 0.320 e. The number of carboxylic acids is 3. The second-order valence-electron chi connectivity index (χ2n) is 13.7. The zero-order valence-electron chi connectivity index (χ0n) is 31.7. The van der Waals surface area contributed by atoms with E-state index in [1.807, 2.05) is 0 Å². The molecule has 3 unspecified atom stereocenters. The Labute approximate surface area is 329 Å². The van der Waals surface area contributed by atoms with Crippen LogP contribution < -0.4 is 16.0 Å². The number of aliphatic hydroxyl groups excluding tert-OH is 6. The molecule has 0 aliphatic carbocycles. The molecule has 0 fully saturated rings. The third kappa shape index (κ3) is 18.2. The van der Waals surface area contributed by atoms with Crippen molar-refractivity contribution in [3.63, 3.8) is 0 Å². The Hall–Kier alpha value is -4.39. The molecule has 1 aromatic rings. The quantitative estimate of drug-likeness (QED) is 0.0465. The number of amides is 3. The van der Waals surface area contributed by atoms with Crippen LogP contribution in [0.4, 0.5) is 0 Å². The van der Waals surface area contributed by atoms with Crippen molar-refractivity contribution in [1.29, 1.82) is 0 Å². The molecule has 0 saturated carbocycles. The lowest BCUT2D eigenvalue weighted by Crippen LogP contribution is -2.52. The summed E-state index contributed by atoms with van der Waals surface area (Å²) in [6.07, 6.45) is -5.14. The van der Waals surface area contributed by atoms with E-state index >= 15 is 0 Å². The van der Waals surface area contributed by atoms with Gasteiger partial charge in [0.25, 0.3) is 0 Å². The predicted octanol–water partition coefficient (Wildman–Crippen LogP) is -4.89. The molecule has 0 saturated heterocycles. The maximum atomic E-state index is 12.8. The topological polar surface area (TPSA) is 343 Å². The van der Waals surface area contributed by atoms with E-state index in [9.17, 15) is 59.4 Å². The Bertz CT molecular complexity index is 1380. The second kappa shape index (κ2) is 25.8. The SMILES string of the molecule is O=C(CC[C@H](C(=O)O)N1CCN([C@H](CCC(=O)NCC(O)CO)C(=O)O)Cc2cccc(n2)CN([C@@H](CCC(=O)NCC(O)CO)C(=O)O)CC1)NCC(O)CO. The number of aromatic nitrogens is 1. The average molecular weight is 816 g/mol. The van der Waals surface area contributed by atoms with Crippen molar-refractivity contribution in [2.75, 3.05) is 65.6 Å². The van der Waals surface area contributed by atoms with Gasteiger partial charge in [0.1, 0.15) is 18.1 Å². The Morgan fingerprint density at radius 2 is 0.842 bits per heavy atom. The van der Waals surface area contributed by atoms with Crippen LogP contribution in [-0.2, 0) is 41.9 Å². The predicted molar refractivity (Wildman–Crippen MR) is 197 cm³/mol. The number of aliphatic carboxylic acids is 3. The normalized spacial score (nSPS) is 17.7. The van der Waals surface area contributed by atoms with Gasteiger partial charge in [0.05, 0.1) is 49.5 Å². The van der Waals surface area contributed by atoms with Crippen LogP contribution in [0.3, 0.4) is 0 Å². The van der Waals surface area contributed by atoms with Crippen molar-refractivity contribution in [2.24, 2.45) is 0 Å². The van der Waals surface area contributed by atoms with Crippen LogP contribution in [0.2, 0.25) is 0 Å². The Balaban J connectivity index is 2.49.